The fourth-order valence-electron chi connectivity index (χ4n) is 4.86. The first kappa shape index (κ1) is 21.9. The summed E-state index contributed by atoms with van der Waals surface area (Å²) in [5.74, 6) is 0.454. The van der Waals surface area contributed by atoms with Crippen LogP contribution in [0.2, 0.25) is 5.02 Å². The molecule has 1 saturated carbocycles. The topological polar surface area (TPSA) is 27.0 Å². The van der Waals surface area contributed by atoms with Gasteiger partial charge < -0.3 is 0 Å². The van der Waals surface area contributed by atoms with Gasteiger partial charge in [0.15, 0.2) is 0 Å². The fourth-order valence-corrected chi connectivity index (χ4v) is 4.99. The molecule has 1 unspecified atom stereocenters. The minimum atomic E-state index is -0.392. The highest BCUT2D eigenvalue weighted by Crippen LogP contribution is 2.45. The molecule has 0 aliphatic heterocycles. The predicted molar refractivity (Wildman–Crippen MR) is 122 cm³/mol. The van der Waals surface area contributed by atoms with Gasteiger partial charge in [0.25, 0.3) is 0 Å². The summed E-state index contributed by atoms with van der Waals surface area (Å²) in [6, 6.07) is 22.0. The molecule has 1 fully saturated rings. The van der Waals surface area contributed by atoms with Gasteiger partial charge in [-0.25, -0.2) is 0 Å². The fraction of sp³-hybridized carbons (Fsp3) is 0.500. The van der Waals surface area contributed by atoms with Crippen LogP contribution in [0.4, 0.5) is 0 Å². The van der Waals surface area contributed by atoms with E-state index >= 15 is 0 Å². The van der Waals surface area contributed by atoms with Crippen LogP contribution in [-0.4, -0.2) is 17.5 Å². The molecule has 0 N–H and O–H groups in total. The number of halogens is 1. The van der Waals surface area contributed by atoms with Gasteiger partial charge in [0.05, 0.1) is 11.5 Å². The Kier molecular flexibility index (Phi) is 7.76. The molecule has 0 radical (unpaired) electrons. The number of nitriles is 1. The molecule has 0 heterocycles. The zero-order valence-electron chi connectivity index (χ0n) is 17.8. The molecule has 3 heteroatoms. The van der Waals surface area contributed by atoms with Gasteiger partial charge in [0.1, 0.15) is 0 Å². The number of nitrogens with zero attached hydrogens (tertiary/aromatic N) is 2. The minimum Gasteiger partial charge on any atom is -0.297 e. The molecule has 0 aromatic heterocycles. The van der Waals surface area contributed by atoms with Crippen molar-refractivity contribution in [1.29, 1.82) is 5.26 Å². The quantitative estimate of drug-likeness (QED) is 0.447. The van der Waals surface area contributed by atoms with Crippen molar-refractivity contribution in [3.05, 3.63) is 70.7 Å². The molecule has 29 heavy (non-hydrogen) atoms. The normalized spacial score (nSPS) is 16.8. The van der Waals surface area contributed by atoms with Gasteiger partial charge in [-0.05, 0) is 75.3 Å². The first-order valence-corrected chi connectivity index (χ1v) is 11.4. The van der Waals surface area contributed by atoms with Gasteiger partial charge in [0.2, 0.25) is 0 Å². The van der Waals surface area contributed by atoms with E-state index in [-0.39, 0.29) is 0 Å². The van der Waals surface area contributed by atoms with E-state index in [1.807, 2.05) is 12.1 Å². The third kappa shape index (κ3) is 5.41. The second kappa shape index (κ2) is 10.3. The summed E-state index contributed by atoms with van der Waals surface area (Å²) in [5.41, 5.74) is 2.10. The molecule has 2 nitrogen and oxygen atoms in total. The summed E-state index contributed by atoms with van der Waals surface area (Å²) >= 11 is 6.13. The molecule has 2 aromatic carbocycles. The summed E-state index contributed by atoms with van der Waals surface area (Å²) in [5, 5.41) is 11.1. The third-order valence-electron chi connectivity index (χ3n) is 6.59. The van der Waals surface area contributed by atoms with Gasteiger partial charge in [-0.1, -0.05) is 66.9 Å². The molecular weight excluding hydrogens is 376 g/mol. The maximum atomic E-state index is 10.4. The van der Waals surface area contributed by atoms with Crippen LogP contribution in [0.1, 0.15) is 63.5 Å². The number of benzene rings is 2. The van der Waals surface area contributed by atoms with Gasteiger partial charge in [-0.15, -0.1) is 0 Å². The summed E-state index contributed by atoms with van der Waals surface area (Å²) in [7, 11) is 0. The number of hydrogen-bond acceptors (Lipinski definition) is 2. The first-order valence-electron chi connectivity index (χ1n) is 11.0. The van der Waals surface area contributed by atoms with Crippen molar-refractivity contribution in [1.82, 2.24) is 4.90 Å². The molecule has 0 bridgehead atoms. The lowest BCUT2D eigenvalue weighted by molar-refractivity contribution is 0.197. The Balaban J connectivity index is 1.73. The Morgan fingerprint density at radius 2 is 1.72 bits per heavy atom. The standard InChI is InChI=1S/C26H33ClN2/c1-21(2)29(19-22-9-4-3-5-10-22)18-8-17-26(20-28,23-11-6-7-12-23)24-13-15-25(27)16-14-24/h3-5,9-10,13-16,21,23H,6-8,11-12,17-19H2,1-2H3. The lowest BCUT2D eigenvalue weighted by Gasteiger charge is -2.35. The van der Waals surface area contributed by atoms with E-state index < -0.39 is 5.41 Å². The van der Waals surface area contributed by atoms with Gasteiger partial charge in [-0.3, -0.25) is 4.90 Å². The van der Waals surface area contributed by atoms with Gasteiger partial charge >= 0.3 is 0 Å². The van der Waals surface area contributed by atoms with Crippen LogP contribution in [0.5, 0.6) is 0 Å². The SMILES string of the molecule is CC(C)N(CCCC(C#N)(c1ccc(Cl)cc1)C1CCCC1)Cc1ccccc1. The van der Waals surface area contributed by atoms with Gasteiger partial charge in [-0.2, -0.15) is 5.26 Å². The Morgan fingerprint density at radius 1 is 1.07 bits per heavy atom. The highest BCUT2D eigenvalue weighted by Gasteiger charge is 2.41. The maximum absolute atomic E-state index is 10.4. The van der Waals surface area contributed by atoms with Crippen molar-refractivity contribution in [2.45, 2.75) is 70.4 Å². The first-order chi connectivity index (χ1) is 14.0. The lowest BCUT2D eigenvalue weighted by atomic mass is 9.67. The summed E-state index contributed by atoms with van der Waals surface area (Å²) in [6.45, 7) is 6.49. The molecule has 3 rings (SSSR count). The van der Waals surface area contributed by atoms with E-state index in [2.05, 4.69) is 67.3 Å². The lowest BCUT2D eigenvalue weighted by Crippen LogP contribution is -2.36. The van der Waals surface area contributed by atoms with E-state index in [0.717, 1.165) is 49.4 Å². The molecule has 154 valence electrons. The van der Waals surface area contributed by atoms with Crippen LogP contribution in [0.15, 0.2) is 54.6 Å². The third-order valence-corrected chi connectivity index (χ3v) is 6.84. The summed E-state index contributed by atoms with van der Waals surface area (Å²) in [4.78, 5) is 2.52. The van der Waals surface area contributed by atoms with E-state index in [4.69, 9.17) is 11.6 Å². The van der Waals surface area contributed by atoms with Crippen molar-refractivity contribution in [3.63, 3.8) is 0 Å². The van der Waals surface area contributed by atoms with Crippen LogP contribution in [-0.2, 0) is 12.0 Å². The molecule has 0 saturated heterocycles. The van der Waals surface area contributed by atoms with Crippen LogP contribution >= 0.6 is 11.6 Å². The zero-order valence-corrected chi connectivity index (χ0v) is 18.5. The van der Waals surface area contributed by atoms with Crippen molar-refractivity contribution in [3.8, 4) is 6.07 Å². The average Bonchev–Trinajstić information content (AvgIpc) is 3.27. The van der Waals surface area contributed by atoms with Crippen LogP contribution in [0.25, 0.3) is 0 Å². The van der Waals surface area contributed by atoms with Gasteiger partial charge in [0, 0.05) is 17.6 Å². The molecule has 0 spiro atoms. The highest BCUT2D eigenvalue weighted by molar-refractivity contribution is 6.30. The Labute approximate surface area is 181 Å². The smallest absolute Gasteiger partial charge is 0.0850 e. The summed E-state index contributed by atoms with van der Waals surface area (Å²) in [6.07, 6.45) is 6.75. The molecule has 1 atom stereocenters. The molecule has 1 aliphatic carbocycles. The monoisotopic (exact) mass is 408 g/mol. The summed E-state index contributed by atoms with van der Waals surface area (Å²) < 4.78 is 0. The minimum absolute atomic E-state index is 0.392. The molecule has 2 aromatic rings. The average molecular weight is 409 g/mol. The molecular formula is C26H33ClN2. The zero-order chi connectivity index (χ0) is 20.7. The maximum Gasteiger partial charge on any atom is 0.0850 e. The van der Waals surface area contributed by atoms with Crippen LogP contribution in [0, 0.1) is 17.2 Å². The van der Waals surface area contributed by atoms with E-state index in [0.29, 0.717) is 12.0 Å². The Hall–Kier alpha value is -1.82. The second-order valence-electron chi connectivity index (χ2n) is 8.72. The van der Waals surface area contributed by atoms with E-state index in [1.165, 1.54) is 18.4 Å². The Bertz CT molecular complexity index is 788. The van der Waals surface area contributed by atoms with Crippen molar-refractivity contribution < 1.29 is 0 Å². The van der Waals surface area contributed by atoms with E-state index in [9.17, 15) is 5.26 Å². The van der Waals surface area contributed by atoms with Crippen LogP contribution < -0.4 is 0 Å². The van der Waals surface area contributed by atoms with Crippen molar-refractivity contribution in [2.75, 3.05) is 6.54 Å². The number of rotatable bonds is 9. The molecule has 1 aliphatic rings. The predicted octanol–water partition coefficient (Wildman–Crippen LogP) is 6.98. The number of hydrogen-bond donors (Lipinski definition) is 0. The van der Waals surface area contributed by atoms with Crippen LogP contribution in [0.3, 0.4) is 0 Å². The Morgan fingerprint density at radius 3 is 2.31 bits per heavy atom. The second-order valence-corrected chi connectivity index (χ2v) is 9.16. The molecule has 0 amide bonds. The van der Waals surface area contributed by atoms with Crippen molar-refractivity contribution >= 4 is 11.6 Å². The largest absolute Gasteiger partial charge is 0.297 e. The van der Waals surface area contributed by atoms with Crippen molar-refractivity contribution in [2.24, 2.45) is 5.92 Å². The van der Waals surface area contributed by atoms with E-state index in [1.54, 1.807) is 0 Å². The highest BCUT2D eigenvalue weighted by atomic mass is 35.5.